The van der Waals surface area contributed by atoms with Crippen molar-refractivity contribution in [1.29, 1.82) is 0 Å². The van der Waals surface area contributed by atoms with Crippen molar-refractivity contribution >= 4 is 31.6 Å². The van der Waals surface area contributed by atoms with Crippen LogP contribution in [0.25, 0.3) is 0 Å². The van der Waals surface area contributed by atoms with Crippen LogP contribution in [-0.4, -0.2) is 57.5 Å². The maximum absolute atomic E-state index is 12.3. The Balaban J connectivity index is 2.06. The summed E-state index contributed by atoms with van der Waals surface area (Å²) in [6.07, 6.45) is 0. The van der Waals surface area contributed by atoms with Crippen LogP contribution in [0.5, 0.6) is 0 Å². The molecule has 10 heteroatoms. The highest BCUT2D eigenvalue weighted by Crippen LogP contribution is 2.26. The van der Waals surface area contributed by atoms with Gasteiger partial charge in [0, 0.05) is 49.8 Å². The molecule has 2 N–H and O–H groups in total. The average molecular weight is 393 g/mol. The Kier molecular flexibility index (Phi) is 5.87. The summed E-state index contributed by atoms with van der Waals surface area (Å²) in [5.74, 6) is 0. The molecule has 0 aliphatic carbocycles. The zero-order chi connectivity index (χ0) is 16.2. The van der Waals surface area contributed by atoms with E-state index in [9.17, 15) is 18.5 Å². The number of sulfonamides is 1. The van der Waals surface area contributed by atoms with E-state index in [1.807, 2.05) is 0 Å². The molecule has 0 bridgehead atoms. The van der Waals surface area contributed by atoms with E-state index >= 15 is 0 Å². The molecule has 8 nitrogen and oxygen atoms in total. The molecule has 122 valence electrons. The van der Waals surface area contributed by atoms with Crippen molar-refractivity contribution in [2.24, 2.45) is 0 Å². The molecule has 1 fully saturated rings. The van der Waals surface area contributed by atoms with Crippen molar-refractivity contribution in [2.45, 2.75) is 4.90 Å². The number of halogens is 1. The molecule has 0 aromatic heterocycles. The van der Waals surface area contributed by atoms with Crippen molar-refractivity contribution in [3.8, 4) is 0 Å². The summed E-state index contributed by atoms with van der Waals surface area (Å²) in [5, 5.41) is 14.2. The highest BCUT2D eigenvalue weighted by molar-refractivity contribution is 9.10. The van der Waals surface area contributed by atoms with Gasteiger partial charge in [0.25, 0.3) is 5.69 Å². The Morgan fingerprint density at radius 2 is 2.05 bits per heavy atom. The molecule has 0 saturated carbocycles. The first-order valence-electron chi connectivity index (χ1n) is 6.77. The smallest absolute Gasteiger partial charge is 0.289 e. The Bertz CT molecular complexity index is 647. The molecular weight excluding hydrogens is 376 g/mol. The summed E-state index contributed by atoms with van der Waals surface area (Å²) >= 11 is 3.14. The third-order valence-electron chi connectivity index (χ3n) is 3.34. The zero-order valence-corrected chi connectivity index (χ0v) is 14.2. The molecule has 1 aliphatic rings. The number of piperazine rings is 1. The molecule has 1 aliphatic heterocycles. The van der Waals surface area contributed by atoms with E-state index in [0.29, 0.717) is 11.0 Å². The number of nitro benzene ring substituents is 1. The summed E-state index contributed by atoms with van der Waals surface area (Å²) < 4.78 is 27.5. The summed E-state index contributed by atoms with van der Waals surface area (Å²) in [7, 11) is -3.92. The Labute approximate surface area is 137 Å². The third-order valence-corrected chi connectivity index (χ3v) is 5.32. The quantitative estimate of drug-likeness (QED) is 0.540. The number of nitro groups is 1. The SMILES string of the molecule is O=[N+]([O-])c1ccc(Br)cc1S(=O)(=O)NCCN1CCNCC1. The zero-order valence-electron chi connectivity index (χ0n) is 11.8. The Hall–Kier alpha value is -1.07. The van der Waals surface area contributed by atoms with Gasteiger partial charge in [0.05, 0.1) is 4.92 Å². The fraction of sp³-hybridized carbons (Fsp3) is 0.500. The van der Waals surface area contributed by atoms with Crippen LogP contribution < -0.4 is 10.0 Å². The standard InChI is InChI=1S/C12H17BrN4O4S/c13-10-1-2-11(17(18)19)12(9-10)22(20,21)15-5-8-16-6-3-14-4-7-16/h1-2,9,14-15H,3-8H2. The second-order valence-corrected chi connectivity index (χ2v) is 7.51. The van der Waals surface area contributed by atoms with Gasteiger partial charge in [-0.25, -0.2) is 13.1 Å². The minimum absolute atomic E-state index is 0.214. The number of rotatable bonds is 6. The Morgan fingerprint density at radius 1 is 1.36 bits per heavy atom. The number of hydrogen-bond acceptors (Lipinski definition) is 6. The van der Waals surface area contributed by atoms with Crippen LogP contribution in [0.2, 0.25) is 0 Å². The van der Waals surface area contributed by atoms with Crippen molar-refractivity contribution < 1.29 is 13.3 Å². The van der Waals surface area contributed by atoms with E-state index in [0.717, 1.165) is 26.2 Å². The molecule has 1 heterocycles. The minimum atomic E-state index is -3.92. The molecule has 0 atom stereocenters. The van der Waals surface area contributed by atoms with E-state index in [1.54, 1.807) is 0 Å². The minimum Gasteiger partial charge on any atom is -0.314 e. The maximum atomic E-state index is 12.3. The topological polar surface area (TPSA) is 105 Å². The van der Waals surface area contributed by atoms with Gasteiger partial charge in [-0.15, -0.1) is 0 Å². The van der Waals surface area contributed by atoms with Gasteiger partial charge < -0.3 is 5.32 Å². The molecule has 0 amide bonds. The lowest BCUT2D eigenvalue weighted by Crippen LogP contribution is -2.46. The largest absolute Gasteiger partial charge is 0.314 e. The van der Waals surface area contributed by atoms with Gasteiger partial charge in [0.2, 0.25) is 10.0 Å². The molecule has 0 spiro atoms. The van der Waals surface area contributed by atoms with Crippen molar-refractivity contribution in [3.05, 3.63) is 32.8 Å². The van der Waals surface area contributed by atoms with Crippen LogP contribution in [0.1, 0.15) is 0 Å². The molecule has 2 rings (SSSR count). The van der Waals surface area contributed by atoms with E-state index in [-0.39, 0.29) is 11.4 Å². The molecule has 22 heavy (non-hydrogen) atoms. The number of nitrogens with zero attached hydrogens (tertiary/aromatic N) is 2. The van der Waals surface area contributed by atoms with Crippen LogP contribution in [0.4, 0.5) is 5.69 Å². The van der Waals surface area contributed by atoms with Gasteiger partial charge in [0.15, 0.2) is 4.90 Å². The average Bonchev–Trinajstić information content (AvgIpc) is 2.47. The lowest BCUT2D eigenvalue weighted by molar-refractivity contribution is -0.387. The summed E-state index contributed by atoms with van der Waals surface area (Å²) in [4.78, 5) is 12.1. The monoisotopic (exact) mass is 392 g/mol. The van der Waals surface area contributed by atoms with Crippen molar-refractivity contribution in [1.82, 2.24) is 14.9 Å². The molecule has 1 saturated heterocycles. The lowest BCUT2D eigenvalue weighted by Gasteiger charge is -2.27. The summed E-state index contributed by atoms with van der Waals surface area (Å²) in [6.45, 7) is 4.26. The van der Waals surface area contributed by atoms with Gasteiger partial charge in [-0.05, 0) is 12.1 Å². The normalized spacial score (nSPS) is 16.6. The molecule has 1 aromatic rings. The first-order chi connectivity index (χ1) is 10.4. The molecule has 1 aromatic carbocycles. The van der Waals surface area contributed by atoms with E-state index in [4.69, 9.17) is 0 Å². The van der Waals surface area contributed by atoms with Gasteiger partial charge in [0.1, 0.15) is 0 Å². The second-order valence-electron chi connectivity index (χ2n) is 4.86. The first-order valence-corrected chi connectivity index (χ1v) is 9.04. The van der Waals surface area contributed by atoms with E-state index < -0.39 is 20.6 Å². The molecular formula is C12H17BrN4O4S. The summed E-state index contributed by atoms with van der Waals surface area (Å²) in [6, 6.07) is 3.86. The Morgan fingerprint density at radius 3 is 2.68 bits per heavy atom. The second kappa shape index (κ2) is 7.47. The highest BCUT2D eigenvalue weighted by atomic mass is 79.9. The van der Waals surface area contributed by atoms with Crippen LogP contribution in [0.3, 0.4) is 0 Å². The lowest BCUT2D eigenvalue weighted by atomic mass is 10.3. The van der Waals surface area contributed by atoms with Crippen LogP contribution in [-0.2, 0) is 10.0 Å². The predicted molar refractivity (Wildman–Crippen MR) is 85.3 cm³/mol. The number of nitrogens with one attached hydrogen (secondary N) is 2. The first kappa shape index (κ1) is 17.3. The van der Waals surface area contributed by atoms with Gasteiger partial charge in [-0.3, -0.25) is 15.0 Å². The predicted octanol–water partition coefficient (Wildman–Crippen LogP) is 0.541. The van der Waals surface area contributed by atoms with Crippen molar-refractivity contribution in [2.75, 3.05) is 39.3 Å². The summed E-state index contributed by atoms with van der Waals surface area (Å²) in [5.41, 5.74) is -0.433. The fourth-order valence-electron chi connectivity index (χ4n) is 2.20. The van der Waals surface area contributed by atoms with Gasteiger partial charge >= 0.3 is 0 Å². The van der Waals surface area contributed by atoms with Crippen LogP contribution in [0, 0.1) is 10.1 Å². The van der Waals surface area contributed by atoms with Crippen molar-refractivity contribution in [3.63, 3.8) is 0 Å². The molecule has 0 unspecified atom stereocenters. The number of benzene rings is 1. The highest BCUT2D eigenvalue weighted by Gasteiger charge is 2.25. The van der Waals surface area contributed by atoms with Crippen LogP contribution in [0.15, 0.2) is 27.6 Å². The number of hydrogen-bond donors (Lipinski definition) is 2. The third kappa shape index (κ3) is 4.46. The molecule has 0 radical (unpaired) electrons. The van der Waals surface area contributed by atoms with E-state index in [2.05, 4.69) is 30.9 Å². The fourth-order valence-corrected chi connectivity index (χ4v) is 3.93. The van der Waals surface area contributed by atoms with E-state index in [1.165, 1.54) is 18.2 Å². The van der Waals surface area contributed by atoms with Gasteiger partial charge in [-0.1, -0.05) is 15.9 Å². The maximum Gasteiger partial charge on any atom is 0.289 e. The van der Waals surface area contributed by atoms with Crippen LogP contribution >= 0.6 is 15.9 Å². The van der Waals surface area contributed by atoms with Gasteiger partial charge in [-0.2, -0.15) is 0 Å².